The van der Waals surface area contributed by atoms with Gasteiger partial charge in [-0.25, -0.2) is 4.79 Å². The molecule has 1 heterocycles. The van der Waals surface area contributed by atoms with Crippen LogP contribution in [0.4, 0.5) is 18.0 Å². The summed E-state index contributed by atoms with van der Waals surface area (Å²) in [7, 11) is 0. The lowest BCUT2D eigenvalue weighted by molar-refractivity contribution is -0.162. The Morgan fingerprint density at radius 3 is 2.42 bits per heavy atom. The van der Waals surface area contributed by atoms with Gasteiger partial charge >= 0.3 is 12.3 Å². The monoisotopic (exact) mass is 283 g/mol. The second-order valence-electron chi connectivity index (χ2n) is 4.25. The molecule has 0 spiro atoms. The minimum Gasteiger partial charge on any atom is -0.440 e. The number of amides is 2. The number of hydrogen-bond donors (Lipinski definition) is 1. The van der Waals surface area contributed by atoms with Crippen molar-refractivity contribution in [3.05, 3.63) is 0 Å². The Labute approximate surface area is 108 Å². The highest BCUT2D eigenvalue weighted by molar-refractivity contribution is 5.75. The van der Waals surface area contributed by atoms with E-state index in [-0.39, 0.29) is 13.1 Å². The fourth-order valence-corrected chi connectivity index (χ4v) is 1.77. The lowest BCUT2D eigenvalue weighted by Crippen LogP contribution is -2.39. The molecule has 2 amide bonds. The van der Waals surface area contributed by atoms with Crippen molar-refractivity contribution in [3.63, 3.8) is 0 Å². The Balaban J connectivity index is 2.39. The van der Waals surface area contributed by atoms with Crippen LogP contribution in [0.1, 0.15) is 6.42 Å². The molecule has 0 aromatic rings. The lowest BCUT2D eigenvalue weighted by atomic mass is 10.4. The quantitative estimate of drug-likeness (QED) is 0.801. The summed E-state index contributed by atoms with van der Waals surface area (Å²) < 4.78 is 39.9. The molecule has 0 unspecified atom stereocenters. The molecule has 110 valence electrons. The van der Waals surface area contributed by atoms with E-state index in [0.717, 1.165) is 0 Å². The standard InChI is InChI=1S/C10H16F3N3O3/c11-10(12,13)7-19-9(18)16-3-1-2-15(4-5-16)6-8(14)17/h1-7H2,(H2,14,17). The van der Waals surface area contributed by atoms with Gasteiger partial charge in [-0.2, -0.15) is 13.2 Å². The summed E-state index contributed by atoms with van der Waals surface area (Å²) >= 11 is 0. The highest BCUT2D eigenvalue weighted by atomic mass is 19.4. The topological polar surface area (TPSA) is 75.9 Å². The SMILES string of the molecule is NC(=O)CN1CCCN(C(=O)OCC(F)(F)F)CC1. The maximum Gasteiger partial charge on any atom is 0.422 e. The minimum atomic E-state index is -4.53. The second-order valence-corrected chi connectivity index (χ2v) is 4.25. The van der Waals surface area contributed by atoms with Gasteiger partial charge in [0.15, 0.2) is 6.61 Å². The van der Waals surface area contributed by atoms with Crippen molar-refractivity contribution in [1.29, 1.82) is 0 Å². The van der Waals surface area contributed by atoms with Gasteiger partial charge in [-0.15, -0.1) is 0 Å². The van der Waals surface area contributed by atoms with Gasteiger partial charge in [-0.3, -0.25) is 9.69 Å². The van der Waals surface area contributed by atoms with E-state index in [1.165, 1.54) is 4.90 Å². The molecule has 0 radical (unpaired) electrons. The predicted molar refractivity (Wildman–Crippen MR) is 59.2 cm³/mol. The minimum absolute atomic E-state index is 0.0748. The maximum atomic E-state index is 11.9. The van der Waals surface area contributed by atoms with Crippen LogP contribution in [0.2, 0.25) is 0 Å². The third-order valence-electron chi connectivity index (χ3n) is 2.59. The highest BCUT2D eigenvalue weighted by Gasteiger charge is 2.31. The summed E-state index contributed by atoms with van der Waals surface area (Å²) in [6.07, 6.45) is -4.97. The van der Waals surface area contributed by atoms with Crippen molar-refractivity contribution >= 4 is 12.0 Å². The molecule has 2 N–H and O–H groups in total. The van der Waals surface area contributed by atoms with Crippen molar-refractivity contribution < 1.29 is 27.5 Å². The Kier molecular flexibility index (Phi) is 5.40. The van der Waals surface area contributed by atoms with Crippen molar-refractivity contribution in [1.82, 2.24) is 9.80 Å². The van der Waals surface area contributed by atoms with E-state index in [1.54, 1.807) is 4.90 Å². The number of ether oxygens (including phenoxy) is 1. The molecule has 9 heteroatoms. The molecule has 6 nitrogen and oxygen atoms in total. The molecule has 1 aliphatic heterocycles. The molecule has 0 aromatic heterocycles. The maximum absolute atomic E-state index is 11.9. The van der Waals surface area contributed by atoms with Gasteiger partial charge in [0.25, 0.3) is 0 Å². The summed E-state index contributed by atoms with van der Waals surface area (Å²) in [4.78, 5) is 25.1. The van der Waals surface area contributed by atoms with E-state index in [2.05, 4.69) is 4.74 Å². The van der Waals surface area contributed by atoms with Crippen LogP contribution in [0.3, 0.4) is 0 Å². The number of primary amides is 1. The third kappa shape index (κ3) is 6.27. The number of alkyl halides is 3. The van der Waals surface area contributed by atoms with Crippen LogP contribution in [-0.2, 0) is 9.53 Å². The van der Waals surface area contributed by atoms with Crippen molar-refractivity contribution in [2.45, 2.75) is 12.6 Å². The van der Waals surface area contributed by atoms with Crippen molar-refractivity contribution in [2.24, 2.45) is 5.73 Å². The number of carbonyl (C=O) groups is 2. The second kappa shape index (κ2) is 6.60. The van der Waals surface area contributed by atoms with Crippen LogP contribution in [0.25, 0.3) is 0 Å². The molecule has 1 saturated heterocycles. The molecule has 1 rings (SSSR count). The first-order valence-corrected chi connectivity index (χ1v) is 5.77. The van der Waals surface area contributed by atoms with E-state index >= 15 is 0 Å². The van der Waals surface area contributed by atoms with Gasteiger partial charge in [0.2, 0.25) is 5.91 Å². The van der Waals surface area contributed by atoms with E-state index in [9.17, 15) is 22.8 Å². The summed E-state index contributed by atoms with van der Waals surface area (Å²) in [5, 5.41) is 0. The first-order chi connectivity index (χ1) is 8.78. The zero-order valence-electron chi connectivity index (χ0n) is 10.3. The zero-order chi connectivity index (χ0) is 14.5. The van der Waals surface area contributed by atoms with Crippen LogP contribution in [0.15, 0.2) is 0 Å². The zero-order valence-corrected chi connectivity index (χ0v) is 10.3. The van der Waals surface area contributed by atoms with Gasteiger partial charge in [0, 0.05) is 26.2 Å². The molecule has 19 heavy (non-hydrogen) atoms. The van der Waals surface area contributed by atoms with Crippen LogP contribution >= 0.6 is 0 Å². The first kappa shape index (κ1) is 15.5. The van der Waals surface area contributed by atoms with Gasteiger partial charge < -0.3 is 15.4 Å². The molecule has 0 aliphatic carbocycles. The smallest absolute Gasteiger partial charge is 0.422 e. The summed E-state index contributed by atoms with van der Waals surface area (Å²) in [5.41, 5.74) is 5.05. The van der Waals surface area contributed by atoms with E-state index in [1.807, 2.05) is 0 Å². The van der Waals surface area contributed by atoms with Gasteiger partial charge in [0.05, 0.1) is 6.54 Å². The Morgan fingerprint density at radius 1 is 1.16 bits per heavy atom. The first-order valence-electron chi connectivity index (χ1n) is 5.77. The number of carbonyl (C=O) groups excluding carboxylic acids is 2. The Hall–Kier alpha value is -1.51. The van der Waals surface area contributed by atoms with Crippen LogP contribution in [0, 0.1) is 0 Å². The fraction of sp³-hybridized carbons (Fsp3) is 0.800. The Morgan fingerprint density at radius 2 is 1.84 bits per heavy atom. The van der Waals surface area contributed by atoms with Gasteiger partial charge in [-0.1, -0.05) is 0 Å². The average Bonchev–Trinajstić information content (AvgIpc) is 2.50. The number of nitrogens with zero attached hydrogens (tertiary/aromatic N) is 2. The largest absolute Gasteiger partial charge is 0.440 e. The molecular formula is C10H16F3N3O3. The number of rotatable bonds is 3. The van der Waals surface area contributed by atoms with Gasteiger partial charge in [0.1, 0.15) is 0 Å². The van der Waals surface area contributed by atoms with Crippen LogP contribution in [-0.4, -0.2) is 67.3 Å². The van der Waals surface area contributed by atoms with Crippen molar-refractivity contribution in [3.8, 4) is 0 Å². The number of hydrogen-bond acceptors (Lipinski definition) is 4. The average molecular weight is 283 g/mol. The molecule has 1 fully saturated rings. The van der Waals surface area contributed by atoms with E-state index < -0.39 is 24.8 Å². The molecule has 0 atom stereocenters. The lowest BCUT2D eigenvalue weighted by Gasteiger charge is -2.21. The molecule has 0 aromatic carbocycles. The number of nitrogens with two attached hydrogens (primary N) is 1. The molecule has 1 aliphatic rings. The van der Waals surface area contributed by atoms with Crippen LogP contribution < -0.4 is 5.73 Å². The van der Waals surface area contributed by atoms with Gasteiger partial charge in [-0.05, 0) is 6.42 Å². The molecule has 0 saturated carbocycles. The number of halogens is 3. The molecule has 0 bridgehead atoms. The summed E-state index contributed by atoms with van der Waals surface area (Å²) in [6.45, 7) is -0.0647. The summed E-state index contributed by atoms with van der Waals surface area (Å²) in [5.74, 6) is -0.479. The van der Waals surface area contributed by atoms with Crippen LogP contribution in [0.5, 0.6) is 0 Å². The summed E-state index contributed by atoms with van der Waals surface area (Å²) in [6, 6.07) is 0. The normalized spacial score (nSPS) is 17.9. The Bertz CT molecular complexity index is 336. The van der Waals surface area contributed by atoms with E-state index in [0.29, 0.717) is 26.1 Å². The van der Waals surface area contributed by atoms with E-state index in [4.69, 9.17) is 5.73 Å². The fourth-order valence-electron chi connectivity index (χ4n) is 1.77. The predicted octanol–water partition coefficient (Wildman–Crippen LogP) is 0.178. The molecular weight excluding hydrogens is 267 g/mol. The third-order valence-corrected chi connectivity index (χ3v) is 2.59. The highest BCUT2D eigenvalue weighted by Crippen LogP contribution is 2.15. The van der Waals surface area contributed by atoms with Crippen molar-refractivity contribution in [2.75, 3.05) is 39.3 Å².